The van der Waals surface area contributed by atoms with E-state index < -0.39 is 17.2 Å². The molecular formula is C14H17ClFN3O3. The molecule has 2 aromatic rings. The zero-order valence-electron chi connectivity index (χ0n) is 11.9. The van der Waals surface area contributed by atoms with Crippen LogP contribution in [0.1, 0.15) is 17.3 Å². The molecule has 0 radical (unpaired) electrons. The summed E-state index contributed by atoms with van der Waals surface area (Å²) in [6.45, 7) is 3.01. The van der Waals surface area contributed by atoms with Gasteiger partial charge in [0.15, 0.2) is 0 Å². The number of carboxylic acid groups (broad SMARTS) is 1. The molecule has 0 saturated carbocycles. The number of nitrogens with zero attached hydrogens (tertiary/aromatic N) is 1. The second-order valence-electron chi connectivity index (χ2n) is 4.53. The summed E-state index contributed by atoms with van der Waals surface area (Å²) in [5.74, 6) is -1.94. The summed E-state index contributed by atoms with van der Waals surface area (Å²) in [5.41, 5.74) is 5.02. The first-order valence-electron chi connectivity index (χ1n) is 6.53. The first-order valence-corrected chi connectivity index (χ1v) is 6.53. The summed E-state index contributed by atoms with van der Waals surface area (Å²) in [7, 11) is 0. The van der Waals surface area contributed by atoms with Crippen LogP contribution in [0.25, 0.3) is 10.9 Å². The Kier molecular flexibility index (Phi) is 5.90. The number of nitrogens with two attached hydrogens (primary N) is 1. The van der Waals surface area contributed by atoms with Crippen molar-refractivity contribution in [2.75, 3.05) is 18.4 Å². The van der Waals surface area contributed by atoms with E-state index in [0.29, 0.717) is 25.2 Å². The first-order chi connectivity index (χ1) is 9.99. The van der Waals surface area contributed by atoms with Crippen molar-refractivity contribution in [2.45, 2.75) is 13.5 Å². The van der Waals surface area contributed by atoms with Crippen LogP contribution in [-0.4, -0.2) is 28.7 Å². The summed E-state index contributed by atoms with van der Waals surface area (Å²) >= 11 is 0. The van der Waals surface area contributed by atoms with Gasteiger partial charge in [0.05, 0.1) is 11.2 Å². The Balaban J connectivity index is 0.00000242. The molecule has 4 N–H and O–H groups in total. The quantitative estimate of drug-likeness (QED) is 0.775. The fourth-order valence-corrected chi connectivity index (χ4v) is 2.17. The highest BCUT2D eigenvalue weighted by molar-refractivity contribution is 5.93. The molecule has 0 aliphatic rings. The Morgan fingerprint density at radius 1 is 1.45 bits per heavy atom. The molecule has 120 valence electrons. The number of fused-ring (bicyclic) bond motifs is 1. The van der Waals surface area contributed by atoms with E-state index in [9.17, 15) is 14.0 Å². The predicted octanol–water partition coefficient (Wildman–Crippen LogP) is 1.65. The highest BCUT2D eigenvalue weighted by Gasteiger charge is 2.16. The maximum atomic E-state index is 14.0. The van der Waals surface area contributed by atoms with E-state index in [-0.39, 0.29) is 29.0 Å². The number of aromatic carboxylic acids is 1. The molecule has 0 amide bonds. The van der Waals surface area contributed by atoms with E-state index in [1.54, 1.807) is 4.57 Å². The van der Waals surface area contributed by atoms with Gasteiger partial charge < -0.3 is 20.7 Å². The molecule has 22 heavy (non-hydrogen) atoms. The maximum Gasteiger partial charge on any atom is 0.341 e. The molecule has 6 nitrogen and oxygen atoms in total. The van der Waals surface area contributed by atoms with Crippen molar-refractivity contribution in [1.29, 1.82) is 0 Å². The van der Waals surface area contributed by atoms with Gasteiger partial charge in [-0.25, -0.2) is 9.18 Å². The zero-order valence-corrected chi connectivity index (χ0v) is 12.7. The number of nitrogens with one attached hydrogen (secondary N) is 1. The lowest BCUT2D eigenvalue weighted by molar-refractivity contribution is 0.0695. The van der Waals surface area contributed by atoms with Crippen LogP contribution in [0.2, 0.25) is 0 Å². The normalized spacial score (nSPS) is 10.3. The van der Waals surface area contributed by atoms with Gasteiger partial charge in [-0.15, -0.1) is 12.4 Å². The zero-order chi connectivity index (χ0) is 15.6. The number of carboxylic acids is 1. The minimum Gasteiger partial charge on any atom is -0.477 e. The van der Waals surface area contributed by atoms with E-state index in [4.69, 9.17) is 10.8 Å². The number of aryl methyl sites for hydroxylation is 1. The summed E-state index contributed by atoms with van der Waals surface area (Å²) < 4.78 is 15.6. The number of hydrogen-bond donors (Lipinski definition) is 3. The smallest absolute Gasteiger partial charge is 0.341 e. The van der Waals surface area contributed by atoms with Crippen LogP contribution in [-0.2, 0) is 6.54 Å². The topological polar surface area (TPSA) is 97.3 Å². The number of rotatable bonds is 5. The van der Waals surface area contributed by atoms with Gasteiger partial charge in [0.25, 0.3) is 0 Å². The standard InChI is InChI=1S/C14H16FN3O3.ClH/c1-2-18-7-9(14(20)21)13(19)8-5-10(15)11(6-12(8)18)17-4-3-16;/h5-7,17H,2-4,16H2,1H3,(H,20,21);1H. The van der Waals surface area contributed by atoms with Crippen LogP contribution in [0.3, 0.4) is 0 Å². The van der Waals surface area contributed by atoms with E-state index >= 15 is 0 Å². The van der Waals surface area contributed by atoms with Crippen LogP contribution in [0.4, 0.5) is 10.1 Å². The van der Waals surface area contributed by atoms with Gasteiger partial charge >= 0.3 is 5.97 Å². The molecule has 1 aromatic carbocycles. The SMILES string of the molecule is CCn1cc(C(=O)O)c(=O)c2cc(F)c(NCCN)cc21.Cl. The molecule has 0 bridgehead atoms. The first kappa shape index (κ1) is 17.9. The Bertz CT molecular complexity index is 761. The number of hydrogen-bond acceptors (Lipinski definition) is 4. The average Bonchev–Trinajstić information content (AvgIpc) is 2.46. The van der Waals surface area contributed by atoms with Crippen molar-refractivity contribution >= 4 is 35.0 Å². The summed E-state index contributed by atoms with van der Waals surface area (Å²) in [6.07, 6.45) is 1.28. The van der Waals surface area contributed by atoms with Crippen molar-refractivity contribution < 1.29 is 14.3 Å². The van der Waals surface area contributed by atoms with Gasteiger partial charge in [-0.3, -0.25) is 4.79 Å². The van der Waals surface area contributed by atoms with Gasteiger partial charge in [0.2, 0.25) is 5.43 Å². The Morgan fingerprint density at radius 2 is 2.14 bits per heavy atom. The molecule has 1 heterocycles. The molecule has 8 heteroatoms. The average molecular weight is 330 g/mol. The third kappa shape index (κ3) is 3.20. The highest BCUT2D eigenvalue weighted by Crippen LogP contribution is 2.21. The third-order valence-corrected chi connectivity index (χ3v) is 3.20. The minimum atomic E-state index is -1.32. The summed E-state index contributed by atoms with van der Waals surface area (Å²) in [4.78, 5) is 23.2. The molecule has 0 fully saturated rings. The van der Waals surface area contributed by atoms with Crippen LogP contribution in [0.5, 0.6) is 0 Å². The van der Waals surface area contributed by atoms with Gasteiger partial charge in [-0.1, -0.05) is 0 Å². The largest absolute Gasteiger partial charge is 0.477 e. The van der Waals surface area contributed by atoms with Gasteiger partial charge in [0, 0.05) is 31.2 Å². The molecule has 1 aromatic heterocycles. The van der Waals surface area contributed by atoms with Crippen molar-refractivity contribution in [2.24, 2.45) is 5.73 Å². The summed E-state index contributed by atoms with van der Waals surface area (Å²) in [5, 5.41) is 11.9. The number of anilines is 1. The monoisotopic (exact) mass is 329 g/mol. The van der Waals surface area contributed by atoms with Crippen LogP contribution >= 0.6 is 12.4 Å². The lowest BCUT2D eigenvalue weighted by atomic mass is 10.1. The number of carbonyl (C=O) groups is 1. The van der Waals surface area contributed by atoms with Crippen molar-refractivity contribution in [3.05, 3.63) is 39.9 Å². The Hall–Kier alpha value is -2.12. The number of halogens is 2. The molecular weight excluding hydrogens is 313 g/mol. The summed E-state index contributed by atoms with van der Waals surface area (Å²) in [6, 6.07) is 2.56. The second-order valence-corrected chi connectivity index (χ2v) is 4.53. The number of pyridine rings is 1. The molecule has 0 atom stereocenters. The lowest BCUT2D eigenvalue weighted by Crippen LogP contribution is -2.19. The number of aromatic nitrogens is 1. The van der Waals surface area contributed by atoms with E-state index in [1.165, 1.54) is 12.3 Å². The fraction of sp³-hybridized carbons (Fsp3) is 0.286. The van der Waals surface area contributed by atoms with Gasteiger partial charge in [-0.05, 0) is 19.1 Å². The van der Waals surface area contributed by atoms with Crippen LogP contribution in [0, 0.1) is 5.82 Å². The molecule has 0 spiro atoms. The van der Waals surface area contributed by atoms with Gasteiger partial charge in [0.1, 0.15) is 11.4 Å². The minimum absolute atomic E-state index is 0. The van der Waals surface area contributed by atoms with E-state index in [1.807, 2.05) is 6.92 Å². The Morgan fingerprint density at radius 3 is 2.68 bits per heavy atom. The van der Waals surface area contributed by atoms with Crippen LogP contribution in [0.15, 0.2) is 23.1 Å². The van der Waals surface area contributed by atoms with E-state index in [0.717, 1.165) is 6.07 Å². The van der Waals surface area contributed by atoms with Crippen molar-refractivity contribution in [1.82, 2.24) is 4.57 Å². The molecule has 0 aliphatic heterocycles. The predicted molar refractivity (Wildman–Crippen MR) is 85.6 cm³/mol. The molecule has 2 rings (SSSR count). The fourth-order valence-electron chi connectivity index (χ4n) is 2.17. The highest BCUT2D eigenvalue weighted by atomic mass is 35.5. The Labute approximate surface area is 132 Å². The van der Waals surface area contributed by atoms with Crippen molar-refractivity contribution in [3.8, 4) is 0 Å². The third-order valence-electron chi connectivity index (χ3n) is 3.20. The number of benzene rings is 1. The second kappa shape index (κ2) is 7.24. The molecule has 0 unspecified atom stereocenters. The molecule has 0 aliphatic carbocycles. The molecule has 0 saturated heterocycles. The van der Waals surface area contributed by atoms with Gasteiger partial charge in [-0.2, -0.15) is 0 Å². The van der Waals surface area contributed by atoms with E-state index in [2.05, 4.69) is 5.32 Å². The lowest BCUT2D eigenvalue weighted by Gasteiger charge is -2.13. The van der Waals surface area contributed by atoms with Crippen molar-refractivity contribution in [3.63, 3.8) is 0 Å². The van der Waals surface area contributed by atoms with Crippen LogP contribution < -0.4 is 16.5 Å². The maximum absolute atomic E-state index is 14.0.